The van der Waals surface area contributed by atoms with E-state index in [9.17, 15) is 14.9 Å². The SMILES string of the molecule is CCOc1ccc(N=C2NC(=O)/C(=C\c3cc(Br)ccc3OCc3cccc([N+](=O)[O-])c3)S2)cc1. The number of aliphatic imine (C=N–C) groups is 1. The summed E-state index contributed by atoms with van der Waals surface area (Å²) in [6.07, 6.45) is 1.73. The van der Waals surface area contributed by atoms with Crippen LogP contribution in [0.4, 0.5) is 11.4 Å². The molecule has 0 radical (unpaired) electrons. The van der Waals surface area contributed by atoms with E-state index in [0.717, 1.165) is 10.2 Å². The number of amidine groups is 1. The molecule has 0 atom stereocenters. The van der Waals surface area contributed by atoms with Crippen molar-refractivity contribution in [2.45, 2.75) is 13.5 Å². The van der Waals surface area contributed by atoms with Gasteiger partial charge < -0.3 is 14.8 Å². The van der Waals surface area contributed by atoms with E-state index in [1.165, 1.54) is 23.9 Å². The molecule has 0 aliphatic carbocycles. The Hall–Kier alpha value is -3.63. The normalized spacial score (nSPS) is 15.3. The molecule has 0 bridgehead atoms. The standard InChI is InChI=1S/C25H20BrN3O5S/c1-2-33-21-9-7-19(8-10-21)27-25-28-24(30)23(35-25)14-17-13-18(26)6-11-22(17)34-15-16-4-3-5-20(12-16)29(31)32/h3-14H,2,15H2,1H3,(H,27,28,30)/b23-14+. The third kappa shape index (κ3) is 6.49. The first-order valence-corrected chi connectivity index (χ1v) is 12.2. The molecule has 1 fully saturated rings. The van der Waals surface area contributed by atoms with Gasteiger partial charge in [-0.15, -0.1) is 0 Å². The Balaban J connectivity index is 1.51. The van der Waals surface area contributed by atoms with Crippen LogP contribution in [0.25, 0.3) is 6.08 Å². The molecular weight excluding hydrogens is 534 g/mol. The van der Waals surface area contributed by atoms with Crippen LogP contribution in [0.3, 0.4) is 0 Å². The van der Waals surface area contributed by atoms with E-state index in [1.807, 2.05) is 43.3 Å². The zero-order valence-electron chi connectivity index (χ0n) is 18.6. The van der Waals surface area contributed by atoms with Gasteiger partial charge in [0.05, 0.1) is 22.1 Å². The average Bonchev–Trinajstić information content (AvgIpc) is 3.18. The number of nitro groups is 1. The molecule has 35 heavy (non-hydrogen) atoms. The molecule has 1 aliphatic heterocycles. The molecule has 3 aromatic rings. The second-order valence-electron chi connectivity index (χ2n) is 7.31. The molecule has 178 valence electrons. The summed E-state index contributed by atoms with van der Waals surface area (Å²) in [6.45, 7) is 2.64. The number of nitro benzene ring substituents is 1. The van der Waals surface area contributed by atoms with Crippen LogP contribution >= 0.6 is 27.7 Å². The Morgan fingerprint density at radius 1 is 1.11 bits per heavy atom. The van der Waals surface area contributed by atoms with Gasteiger partial charge in [0.2, 0.25) is 0 Å². The number of hydrogen-bond donors (Lipinski definition) is 1. The van der Waals surface area contributed by atoms with Crippen molar-refractivity contribution in [1.29, 1.82) is 0 Å². The van der Waals surface area contributed by atoms with Gasteiger partial charge in [0.25, 0.3) is 11.6 Å². The van der Waals surface area contributed by atoms with Crippen molar-refractivity contribution in [2.75, 3.05) is 6.61 Å². The number of halogens is 1. The smallest absolute Gasteiger partial charge is 0.269 e. The zero-order valence-corrected chi connectivity index (χ0v) is 21.0. The number of thioether (sulfide) groups is 1. The van der Waals surface area contributed by atoms with Gasteiger partial charge >= 0.3 is 0 Å². The molecule has 0 saturated carbocycles. The van der Waals surface area contributed by atoms with Crippen molar-refractivity contribution in [3.63, 3.8) is 0 Å². The molecule has 0 unspecified atom stereocenters. The van der Waals surface area contributed by atoms with E-state index in [0.29, 0.717) is 39.2 Å². The van der Waals surface area contributed by atoms with Gasteiger partial charge in [-0.2, -0.15) is 0 Å². The number of ether oxygens (including phenoxy) is 2. The summed E-state index contributed by atoms with van der Waals surface area (Å²) in [6, 6.07) is 19.0. The fourth-order valence-electron chi connectivity index (χ4n) is 3.21. The Morgan fingerprint density at radius 2 is 1.91 bits per heavy atom. The van der Waals surface area contributed by atoms with Crippen LogP contribution in [0.1, 0.15) is 18.1 Å². The molecule has 1 heterocycles. The number of benzene rings is 3. The van der Waals surface area contributed by atoms with Crippen LogP contribution in [-0.4, -0.2) is 22.6 Å². The molecular formula is C25H20BrN3O5S. The average molecular weight is 554 g/mol. The molecule has 3 aromatic carbocycles. The monoisotopic (exact) mass is 553 g/mol. The van der Waals surface area contributed by atoms with Crippen molar-refractivity contribution in [1.82, 2.24) is 5.32 Å². The maximum absolute atomic E-state index is 12.6. The minimum Gasteiger partial charge on any atom is -0.494 e. The Labute approximate surface area is 214 Å². The van der Waals surface area contributed by atoms with Gasteiger partial charge in [-0.25, -0.2) is 4.99 Å². The molecule has 0 spiro atoms. The topological polar surface area (TPSA) is 103 Å². The van der Waals surface area contributed by atoms with Crippen LogP contribution in [0.2, 0.25) is 0 Å². The van der Waals surface area contributed by atoms with Crippen LogP contribution in [0, 0.1) is 10.1 Å². The summed E-state index contributed by atoms with van der Waals surface area (Å²) in [5.41, 5.74) is 2.05. The number of nitrogens with zero attached hydrogens (tertiary/aromatic N) is 2. The van der Waals surface area contributed by atoms with E-state index in [-0.39, 0.29) is 18.2 Å². The second kappa shape index (κ2) is 11.2. The van der Waals surface area contributed by atoms with E-state index in [2.05, 4.69) is 26.2 Å². The highest BCUT2D eigenvalue weighted by Gasteiger charge is 2.24. The largest absolute Gasteiger partial charge is 0.494 e. The van der Waals surface area contributed by atoms with E-state index in [4.69, 9.17) is 9.47 Å². The molecule has 1 aliphatic rings. The number of rotatable bonds is 8. The summed E-state index contributed by atoms with van der Waals surface area (Å²) in [5.74, 6) is 1.04. The third-order valence-corrected chi connectivity index (χ3v) is 6.21. The highest BCUT2D eigenvalue weighted by atomic mass is 79.9. The quantitative estimate of drug-likeness (QED) is 0.201. The molecule has 1 N–H and O–H groups in total. The summed E-state index contributed by atoms with van der Waals surface area (Å²) in [5, 5.41) is 14.3. The van der Waals surface area contributed by atoms with Gasteiger partial charge in [-0.05, 0) is 72.8 Å². The molecule has 0 aromatic heterocycles. The molecule has 8 nitrogen and oxygen atoms in total. The second-order valence-corrected chi connectivity index (χ2v) is 9.25. The zero-order chi connectivity index (χ0) is 24.8. The highest BCUT2D eigenvalue weighted by Crippen LogP contribution is 2.32. The Morgan fingerprint density at radius 3 is 2.66 bits per heavy atom. The summed E-state index contributed by atoms with van der Waals surface area (Å²) >= 11 is 4.68. The summed E-state index contributed by atoms with van der Waals surface area (Å²) in [7, 11) is 0. The van der Waals surface area contributed by atoms with Crippen molar-refractivity contribution < 1.29 is 19.2 Å². The Bertz CT molecular complexity index is 1320. The van der Waals surface area contributed by atoms with Gasteiger partial charge in [0.15, 0.2) is 5.17 Å². The predicted molar refractivity (Wildman–Crippen MR) is 140 cm³/mol. The number of non-ortho nitro benzene ring substituents is 1. The van der Waals surface area contributed by atoms with Crippen LogP contribution < -0.4 is 14.8 Å². The number of amides is 1. The Kier molecular flexibility index (Phi) is 7.84. The first-order chi connectivity index (χ1) is 16.9. The highest BCUT2D eigenvalue weighted by molar-refractivity contribution is 9.10. The van der Waals surface area contributed by atoms with Crippen molar-refractivity contribution in [2.24, 2.45) is 4.99 Å². The first kappa shape index (κ1) is 24.5. The predicted octanol–water partition coefficient (Wildman–Crippen LogP) is 6.23. The van der Waals surface area contributed by atoms with E-state index < -0.39 is 4.92 Å². The number of carbonyl (C=O) groups excluding carboxylic acids is 1. The number of nitrogens with one attached hydrogen (secondary N) is 1. The summed E-state index contributed by atoms with van der Waals surface area (Å²) in [4.78, 5) is 28.1. The van der Waals surface area contributed by atoms with Crippen molar-refractivity contribution in [3.05, 3.63) is 97.3 Å². The lowest BCUT2D eigenvalue weighted by molar-refractivity contribution is -0.384. The molecule has 1 amide bonds. The van der Waals surface area contributed by atoms with Crippen molar-refractivity contribution >= 4 is 56.2 Å². The van der Waals surface area contributed by atoms with Gasteiger partial charge in [0, 0.05) is 22.2 Å². The van der Waals surface area contributed by atoms with Gasteiger partial charge in [0.1, 0.15) is 18.1 Å². The molecule has 4 rings (SSSR count). The van der Waals surface area contributed by atoms with Crippen LogP contribution in [0.15, 0.2) is 81.1 Å². The summed E-state index contributed by atoms with van der Waals surface area (Å²) < 4.78 is 12.2. The lowest BCUT2D eigenvalue weighted by Gasteiger charge is -2.10. The first-order valence-electron chi connectivity index (χ1n) is 10.6. The molecule has 1 saturated heterocycles. The maximum atomic E-state index is 12.6. The third-order valence-electron chi connectivity index (χ3n) is 4.80. The minimum atomic E-state index is -0.443. The van der Waals surface area contributed by atoms with Crippen LogP contribution in [0.5, 0.6) is 11.5 Å². The fourth-order valence-corrected chi connectivity index (χ4v) is 4.42. The fraction of sp³-hybridized carbons (Fsp3) is 0.120. The minimum absolute atomic E-state index is 0.00243. The van der Waals surface area contributed by atoms with E-state index in [1.54, 1.807) is 24.3 Å². The lowest BCUT2D eigenvalue weighted by atomic mass is 10.1. The number of hydrogen-bond acceptors (Lipinski definition) is 7. The number of carbonyl (C=O) groups is 1. The van der Waals surface area contributed by atoms with Crippen molar-refractivity contribution in [3.8, 4) is 11.5 Å². The van der Waals surface area contributed by atoms with Gasteiger partial charge in [-0.3, -0.25) is 14.9 Å². The lowest BCUT2D eigenvalue weighted by Crippen LogP contribution is -2.19. The van der Waals surface area contributed by atoms with E-state index >= 15 is 0 Å². The van der Waals surface area contributed by atoms with Gasteiger partial charge in [-0.1, -0.05) is 28.1 Å². The maximum Gasteiger partial charge on any atom is 0.269 e. The van der Waals surface area contributed by atoms with Crippen LogP contribution in [-0.2, 0) is 11.4 Å². The molecule has 10 heteroatoms.